The molecule has 0 fully saturated rings. The van der Waals surface area contributed by atoms with Gasteiger partial charge in [0.15, 0.2) is 0 Å². The van der Waals surface area contributed by atoms with Crippen LogP contribution in [0.25, 0.3) is 0 Å². The van der Waals surface area contributed by atoms with E-state index in [4.69, 9.17) is 10.5 Å². The minimum absolute atomic E-state index is 0. The first kappa shape index (κ1) is 24.2. The van der Waals surface area contributed by atoms with Gasteiger partial charge in [-0.1, -0.05) is 26.0 Å². The van der Waals surface area contributed by atoms with Crippen molar-refractivity contribution in [2.45, 2.75) is 33.3 Å². The van der Waals surface area contributed by atoms with Crippen LogP contribution in [0.5, 0.6) is 5.75 Å². The van der Waals surface area contributed by atoms with Crippen molar-refractivity contribution in [3.63, 3.8) is 0 Å². The number of aromatic nitrogens is 1. The number of hydrogen-bond acceptors (Lipinski definition) is 4. The van der Waals surface area contributed by atoms with Crippen molar-refractivity contribution < 1.29 is 9.53 Å². The van der Waals surface area contributed by atoms with Crippen molar-refractivity contribution >= 4 is 36.4 Å². The van der Waals surface area contributed by atoms with Crippen LogP contribution in [0.15, 0.2) is 48.7 Å². The quantitative estimate of drug-likeness (QED) is 0.696. The summed E-state index contributed by atoms with van der Waals surface area (Å²) in [5.41, 5.74) is 6.87. The van der Waals surface area contributed by atoms with E-state index in [2.05, 4.69) is 10.3 Å². The first-order valence-electron chi connectivity index (χ1n) is 8.28. The molecule has 1 aromatic heterocycles. The molecule has 0 unspecified atom stereocenters. The van der Waals surface area contributed by atoms with E-state index < -0.39 is 5.41 Å². The topological polar surface area (TPSA) is 77.2 Å². The summed E-state index contributed by atoms with van der Waals surface area (Å²) in [6, 6.07) is 13.1. The predicted octanol–water partition coefficient (Wildman–Crippen LogP) is 4.21. The molecule has 5 nitrogen and oxygen atoms in total. The number of nitrogens with one attached hydrogen (secondary N) is 1. The maximum absolute atomic E-state index is 12.6. The van der Waals surface area contributed by atoms with Crippen LogP contribution in [0.2, 0.25) is 0 Å². The summed E-state index contributed by atoms with van der Waals surface area (Å²) in [4.78, 5) is 16.8. The van der Waals surface area contributed by atoms with Gasteiger partial charge in [0.1, 0.15) is 12.4 Å². The van der Waals surface area contributed by atoms with E-state index in [0.29, 0.717) is 37.4 Å². The number of amides is 1. The second-order valence-corrected chi connectivity index (χ2v) is 5.78. The molecular weight excluding hydrogens is 373 g/mol. The zero-order valence-corrected chi connectivity index (χ0v) is 16.7. The van der Waals surface area contributed by atoms with E-state index in [1.54, 1.807) is 6.20 Å². The number of rotatable bonds is 8. The Morgan fingerprint density at radius 1 is 1.15 bits per heavy atom. The van der Waals surface area contributed by atoms with E-state index >= 15 is 0 Å². The molecule has 3 N–H and O–H groups in total. The summed E-state index contributed by atoms with van der Waals surface area (Å²) in [7, 11) is 0. The molecule has 0 saturated heterocycles. The lowest BCUT2D eigenvalue weighted by Gasteiger charge is -2.28. The molecule has 1 heterocycles. The monoisotopic (exact) mass is 399 g/mol. The predicted molar refractivity (Wildman–Crippen MR) is 110 cm³/mol. The van der Waals surface area contributed by atoms with Gasteiger partial charge in [0.25, 0.3) is 0 Å². The first-order valence-corrected chi connectivity index (χ1v) is 8.28. The third kappa shape index (κ3) is 6.16. The molecule has 0 aliphatic rings. The van der Waals surface area contributed by atoms with Gasteiger partial charge >= 0.3 is 0 Å². The fourth-order valence-electron chi connectivity index (χ4n) is 2.52. The van der Waals surface area contributed by atoms with Gasteiger partial charge in [-0.25, -0.2) is 0 Å². The second-order valence-electron chi connectivity index (χ2n) is 5.78. The lowest BCUT2D eigenvalue weighted by atomic mass is 9.81. The SMILES string of the molecule is CCC(CC)(CN)C(=O)Nc1cccc(OCc2ccccn2)c1.Cl.Cl. The number of hydrogen-bond donors (Lipinski definition) is 2. The van der Waals surface area contributed by atoms with Crippen LogP contribution in [0.4, 0.5) is 5.69 Å². The maximum Gasteiger partial charge on any atom is 0.231 e. The number of ether oxygens (including phenoxy) is 1. The number of anilines is 1. The second kappa shape index (κ2) is 11.7. The molecule has 0 radical (unpaired) electrons. The molecule has 1 aromatic carbocycles. The van der Waals surface area contributed by atoms with E-state index in [1.165, 1.54) is 0 Å². The van der Waals surface area contributed by atoms with E-state index in [0.717, 1.165) is 5.69 Å². The Hall–Kier alpha value is -1.82. The molecule has 0 spiro atoms. The van der Waals surface area contributed by atoms with Gasteiger partial charge in [0.05, 0.1) is 11.1 Å². The lowest BCUT2D eigenvalue weighted by Crippen LogP contribution is -2.41. The van der Waals surface area contributed by atoms with Crippen molar-refractivity contribution in [1.82, 2.24) is 4.98 Å². The molecule has 7 heteroatoms. The number of nitrogens with two attached hydrogens (primary N) is 1. The normalized spacial score (nSPS) is 10.3. The van der Waals surface area contributed by atoms with Crippen LogP contribution in [-0.2, 0) is 11.4 Å². The average Bonchev–Trinajstić information content (AvgIpc) is 2.63. The van der Waals surface area contributed by atoms with Crippen LogP contribution in [0.3, 0.4) is 0 Å². The number of carbonyl (C=O) groups excluding carboxylic acids is 1. The highest BCUT2D eigenvalue weighted by Crippen LogP contribution is 2.28. The highest BCUT2D eigenvalue weighted by atomic mass is 35.5. The highest BCUT2D eigenvalue weighted by molar-refractivity contribution is 5.95. The maximum atomic E-state index is 12.6. The van der Waals surface area contributed by atoms with Crippen LogP contribution in [0, 0.1) is 5.41 Å². The minimum Gasteiger partial charge on any atom is -0.487 e. The standard InChI is InChI=1S/C19H25N3O2.2ClH/c1-3-19(4-2,14-20)18(23)22-15-9-7-10-17(12-15)24-13-16-8-5-6-11-21-16;;/h5-12H,3-4,13-14,20H2,1-2H3,(H,22,23);2*1H. The summed E-state index contributed by atoms with van der Waals surface area (Å²) in [6.07, 6.45) is 3.15. The van der Waals surface area contributed by atoms with Crippen LogP contribution >= 0.6 is 24.8 Å². The van der Waals surface area contributed by atoms with Crippen molar-refractivity contribution in [1.29, 1.82) is 0 Å². The number of nitrogens with zero attached hydrogens (tertiary/aromatic N) is 1. The van der Waals surface area contributed by atoms with E-state index in [-0.39, 0.29) is 30.7 Å². The molecule has 0 aliphatic carbocycles. The van der Waals surface area contributed by atoms with Gasteiger partial charge in [0, 0.05) is 24.5 Å². The van der Waals surface area contributed by atoms with Gasteiger partial charge < -0.3 is 15.8 Å². The lowest BCUT2D eigenvalue weighted by molar-refractivity contribution is -0.125. The van der Waals surface area contributed by atoms with Crippen molar-refractivity contribution in [2.24, 2.45) is 11.1 Å². The van der Waals surface area contributed by atoms with Crippen LogP contribution in [-0.4, -0.2) is 17.4 Å². The van der Waals surface area contributed by atoms with Gasteiger partial charge in [0.2, 0.25) is 5.91 Å². The smallest absolute Gasteiger partial charge is 0.231 e. The van der Waals surface area contributed by atoms with Crippen molar-refractivity contribution in [2.75, 3.05) is 11.9 Å². The van der Waals surface area contributed by atoms with Crippen LogP contribution in [0.1, 0.15) is 32.4 Å². The fourth-order valence-corrected chi connectivity index (χ4v) is 2.52. The highest BCUT2D eigenvalue weighted by Gasteiger charge is 2.33. The molecule has 0 saturated carbocycles. The Balaban J connectivity index is 0.00000312. The van der Waals surface area contributed by atoms with E-state index in [1.807, 2.05) is 56.3 Å². The Labute approximate surface area is 167 Å². The fraction of sp³-hybridized carbons (Fsp3) is 0.368. The third-order valence-corrected chi connectivity index (χ3v) is 4.43. The van der Waals surface area contributed by atoms with Gasteiger partial charge in [-0.15, -0.1) is 24.8 Å². The van der Waals surface area contributed by atoms with Gasteiger partial charge in [-0.2, -0.15) is 0 Å². The molecule has 144 valence electrons. The van der Waals surface area contributed by atoms with E-state index in [9.17, 15) is 4.79 Å². The van der Waals surface area contributed by atoms with Crippen molar-refractivity contribution in [3.8, 4) is 5.75 Å². The Bertz CT molecular complexity index is 657. The molecule has 1 amide bonds. The summed E-state index contributed by atoms with van der Waals surface area (Å²) in [5.74, 6) is 0.640. The largest absolute Gasteiger partial charge is 0.487 e. The minimum atomic E-state index is -0.523. The summed E-state index contributed by atoms with van der Waals surface area (Å²) in [6.45, 7) is 4.70. The summed E-state index contributed by atoms with van der Waals surface area (Å²) >= 11 is 0. The number of halogens is 2. The molecule has 26 heavy (non-hydrogen) atoms. The summed E-state index contributed by atoms with van der Waals surface area (Å²) < 4.78 is 5.74. The molecule has 0 atom stereocenters. The molecule has 2 rings (SSSR count). The average molecular weight is 400 g/mol. The van der Waals surface area contributed by atoms with Gasteiger partial charge in [-0.3, -0.25) is 9.78 Å². The Morgan fingerprint density at radius 3 is 2.46 bits per heavy atom. The van der Waals surface area contributed by atoms with Crippen molar-refractivity contribution in [3.05, 3.63) is 54.4 Å². The van der Waals surface area contributed by atoms with Crippen LogP contribution < -0.4 is 15.8 Å². The number of benzene rings is 1. The number of pyridine rings is 1. The first-order chi connectivity index (χ1) is 11.6. The molecular formula is C19H27Cl2N3O2. The zero-order valence-electron chi connectivity index (χ0n) is 15.1. The summed E-state index contributed by atoms with van der Waals surface area (Å²) in [5, 5.41) is 2.96. The Morgan fingerprint density at radius 2 is 1.88 bits per heavy atom. The molecule has 0 bridgehead atoms. The molecule has 2 aromatic rings. The van der Waals surface area contributed by atoms with Gasteiger partial charge in [-0.05, 0) is 37.1 Å². The number of carbonyl (C=O) groups is 1. The third-order valence-electron chi connectivity index (χ3n) is 4.43. The Kier molecular flexibility index (Phi) is 10.9. The molecule has 0 aliphatic heterocycles. The zero-order chi connectivity index (χ0) is 17.4.